The molecule has 2 heterocycles. The van der Waals surface area contributed by atoms with E-state index in [0.717, 1.165) is 11.1 Å². The number of hydrogen-bond acceptors (Lipinski definition) is 3. The summed E-state index contributed by atoms with van der Waals surface area (Å²) in [6.45, 7) is 7.12. The normalized spacial score (nSPS) is 16.8. The molecule has 0 bridgehead atoms. The van der Waals surface area contributed by atoms with E-state index in [1.165, 1.54) is 0 Å². The highest BCUT2D eigenvalue weighted by molar-refractivity contribution is 5.92. The standard InChI is InChI=1S/C22H26N2O3/c1-21(2,3)17-9-10-18(23-15-17)19(25)24-13-11-22(12-14-24,20(26)27)16-7-5-4-6-8-16/h4-10,15H,11-14H2,1-3H3,(H,26,27). The Morgan fingerprint density at radius 2 is 1.67 bits per heavy atom. The van der Waals surface area contributed by atoms with E-state index >= 15 is 0 Å². The molecule has 1 amide bonds. The maximum Gasteiger partial charge on any atom is 0.314 e. The summed E-state index contributed by atoms with van der Waals surface area (Å²) < 4.78 is 0. The van der Waals surface area contributed by atoms with Gasteiger partial charge in [0.05, 0.1) is 5.41 Å². The Balaban J connectivity index is 1.75. The van der Waals surface area contributed by atoms with E-state index in [1.54, 1.807) is 17.2 Å². The monoisotopic (exact) mass is 366 g/mol. The van der Waals surface area contributed by atoms with Crippen LogP contribution in [0.4, 0.5) is 0 Å². The second-order valence-electron chi connectivity index (χ2n) is 8.23. The van der Waals surface area contributed by atoms with Crippen LogP contribution in [0, 0.1) is 0 Å². The summed E-state index contributed by atoms with van der Waals surface area (Å²) in [5.41, 5.74) is 1.34. The first-order chi connectivity index (χ1) is 12.7. The predicted molar refractivity (Wildman–Crippen MR) is 104 cm³/mol. The van der Waals surface area contributed by atoms with Gasteiger partial charge in [-0.05, 0) is 35.4 Å². The van der Waals surface area contributed by atoms with Crippen LogP contribution in [0.25, 0.3) is 0 Å². The highest BCUT2D eigenvalue weighted by atomic mass is 16.4. The Labute approximate surface area is 160 Å². The molecule has 0 atom stereocenters. The van der Waals surface area contributed by atoms with Gasteiger partial charge in [0.25, 0.3) is 5.91 Å². The van der Waals surface area contributed by atoms with Crippen LogP contribution in [-0.4, -0.2) is 40.0 Å². The number of piperidine rings is 1. The minimum absolute atomic E-state index is 0.0174. The number of carbonyl (C=O) groups is 2. The van der Waals surface area contributed by atoms with Crippen molar-refractivity contribution < 1.29 is 14.7 Å². The average molecular weight is 366 g/mol. The summed E-state index contributed by atoms with van der Waals surface area (Å²) in [5.74, 6) is -0.962. The summed E-state index contributed by atoms with van der Waals surface area (Å²) in [6.07, 6.45) is 2.55. The van der Waals surface area contributed by atoms with Crippen molar-refractivity contribution in [3.05, 3.63) is 65.5 Å². The first kappa shape index (κ1) is 19.1. The highest BCUT2D eigenvalue weighted by Crippen LogP contribution is 2.36. The summed E-state index contributed by atoms with van der Waals surface area (Å²) >= 11 is 0. The van der Waals surface area contributed by atoms with E-state index in [-0.39, 0.29) is 11.3 Å². The molecule has 0 radical (unpaired) electrons. The molecule has 1 saturated heterocycles. The lowest BCUT2D eigenvalue weighted by atomic mass is 9.73. The van der Waals surface area contributed by atoms with E-state index in [0.29, 0.717) is 31.6 Å². The lowest BCUT2D eigenvalue weighted by molar-refractivity contribution is -0.145. The molecule has 0 aliphatic carbocycles. The number of likely N-dealkylation sites (tertiary alicyclic amines) is 1. The first-order valence-electron chi connectivity index (χ1n) is 9.29. The third kappa shape index (κ3) is 3.72. The van der Waals surface area contributed by atoms with E-state index in [1.807, 2.05) is 36.4 Å². The van der Waals surface area contributed by atoms with Crippen molar-refractivity contribution >= 4 is 11.9 Å². The van der Waals surface area contributed by atoms with E-state index < -0.39 is 11.4 Å². The molecule has 1 aromatic heterocycles. The highest BCUT2D eigenvalue weighted by Gasteiger charge is 2.44. The molecule has 142 valence electrons. The minimum Gasteiger partial charge on any atom is -0.481 e. The topological polar surface area (TPSA) is 70.5 Å². The fraction of sp³-hybridized carbons (Fsp3) is 0.409. The van der Waals surface area contributed by atoms with E-state index in [4.69, 9.17) is 0 Å². The summed E-state index contributed by atoms with van der Waals surface area (Å²) in [7, 11) is 0. The van der Waals surface area contributed by atoms with Crippen LogP contribution in [0.3, 0.4) is 0 Å². The van der Waals surface area contributed by atoms with Crippen molar-refractivity contribution in [3.8, 4) is 0 Å². The van der Waals surface area contributed by atoms with Gasteiger partial charge in [-0.1, -0.05) is 57.2 Å². The quantitative estimate of drug-likeness (QED) is 0.900. The lowest BCUT2D eigenvalue weighted by Crippen LogP contribution is -2.49. The van der Waals surface area contributed by atoms with Gasteiger partial charge in [0.2, 0.25) is 0 Å². The molecule has 3 rings (SSSR count). The molecule has 0 spiro atoms. The van der Waals surface area contributed by atoms with Gasteiger partial charge < -0.3 is 10.0 Å². The van der Waals surface area contributed by atoms with Gasteiger partial charge in [0.15, 0.2) is 0 Å². The summed E-state index contributed by atoms with van der Waals surface area (Å²) in [6, 6.07) is 13.0. The van der Waals surface area contributed by atoms with Crippen LogP contribution in [0.2, 0.25) is 0 Å². The third-order valence-corrected chi connectivity index (χ3v) is 5.49. The van der Waals surface area contributed by atoms with Crippen LogP contribution >= 0.6 is 0 Å². The van der Waals surface area contributed by atoms with Gasteiger partial charge in [-0.3, -0.25) is 14.6 Å². The molecular weight excluding hydrogens is 340 g/mol. The maximum atomic E-state index is 12.8. The average Bonchev–Trinajstić information content (AvgIpc) is 2.67. The number of benzene rings is 1. The zero-order chi connectivity index (χ0) is 19.7. The van der Waals surface area contributed by atoms with Gasteiger partial charge in [-0.25, -0.2) is 0 Å². The number of aliphatic carboxylic acids is 1. The molecule has 5 nitrogen and oxygen atoms in total. The van der Waals surface area contributed by atoms with Gasteiger partial charge >= 0.3 is 5.97 Å². The lowest BCUT2D eigenvalue weighted by Gasteiger charge is -2.39. The number of pyridine rings is 1. The molecule has 1 N–H and O–H groups in total. The molecule has 0 unspecified atom stereocenters. The number of hydrogen-bond donors (Lipinski definition) is 1. The third-order valence-electron chi connectivity index (χ3n) is 5.49. The number of nitrogens with zero attached hydrogens (tertiary/aromatic N) is 2. The molecule has 1 aliphatic rings. The van der Waals surface area contributed by atoms with Crippen molar-refractivity contribution in [3.63, 3.8) is 0 Å². The molecular formula is C22H26N2O3. The number of carboxylic acid groups (broad SMARTS) is 1. The van der Waals surface area contributed by atoms with Crippen molar-refractivity contribution in [2.45, 2.75) is 44.4 Å². The van der Waals surface area contributed by atoms with Crippen molar-refractivity contribution in [1.29, 1.82) is 0 Å². The molecule has 1 fully saturated rings. The van der Waals surface area contributed by atoms with E-state index in [2.05, 4.69) is 25.8 Å². The Morgan fingerprint density at radius 3 is 2.15 bits per heavy atom. The second-order valence-corrected chi connectivity index (χ2v) is 8.23. The van der Waals surface area contributed by atoms with Gasteiger partial charge in [0.1, 0.15) is 5.69 Å². The molecule has 27 heavy (non-hydrogen) atoms. The smallest absolute Gasteiger partial charge is 0.314 e. The Kier molecular flexibility index (Phi) is 5.05. The van der Waals surface area contributed by atoms with Crippen molar-refractivity contribution in [2.75, 3.05) is 13.1 Å². The fourth-order valence-corrected chi connectivity index (χ4v) is 3.60. The number of amides is 1. The van der Waals surface area contributed by atoms with Crippen LogP contribution in [0.15, 0.2) is 48.7 Å². The van der Waals surface area contributed by atoms with Crippen molar-refractivity contribution in [1.82, 2.24) is 9.88 Å². The molecule has 1 aromatic carbocycles. The van der Waals surface area contributed by atoms with Gasteiger partial charge in [0, 0.05) is 19.3 Å². The van der Waals surface area contributed by atoms with Crippen molar-refractivity contribution in [2.24, 2.45) is 0 Å². The Bertz CT molecular complexity index is 815. The van der Waals surface area contributed by atoms with Crippen LogP contribution in [0.1, 0.15) is 55.2 Å². The SMILES string of the molecule is CC(C)(C)c1ccc(C(=O)N2CCC(C(=O)O)(c3ccccc3)CC2)nc1. The van der Waals surface area contributed by atoms with Gasteiger partial charge in [-0.2, -0.15) is 0 Å². The number of rotatable bonds is 3. The largest absolute Gasteiger partial charge is 0.481 e. The summed E-state index contributed by atoms with van der Waals surface area (Å²) in [4.78, 5) is 30.9. The number of carbonyl (C=O) groups excluding carboxylic acids is 1. The second kappa shape index (κ2) is 7.14. The minimum atomic E-state index is -0.929. The zero-order valence-electron chi connectivity index (χ0n) is 16.1. The van der Waals surface area contributed by atoms with Crippen LogP contribution < -0.4 is 0 Å². The first-order valence-corrected chi connectivity index (χ1v) is 9.29. The maximum absolute atomic E-state index is 12.8. The fourth-order valence-electron chi connectivity index (χ4n) is 3.60. The molecule has 2 aromatic rings. The molecule has 0 saturated carbocycles. The Morgan fingerprint density at radius 1 is 1.04 bits per heavy atom. The molecule has 5 heteroatoms. The van der Waals surface area contributed by atoms with Crippen LogP contribution in [0.5, 0.6) is 0 Å². The van der Waals surface area contributed by atoms with Gasteiger partial charge in [-0.15, -0.1) is 0 Å². The van der Waals surface area contributed by atoms with Crippen LogP contribution in [-0.2, 0) is 15.6 Å². The molecule has 1 aliphatic heterocycles. The number of carboxylic acids is 1. The summed E-state index contributed by atoms with van der Waals surface area (Å²) in [5, 5.41) is 9.88. The predicted octanol–water partition coefficient (Wildman–Crippen LogP) is 3.64. The van der Waals surface area contributed by atoms with E-state index in [9.17, 15) is 14.7 Å². The zero-order valence-corrected chi connectivity index (χ0v) is 16.1. The Hall–Kier alpha value is -2.69. The number of aromatic nitrogens is 1.